The lowest BCUT2D eigenvalue weighted by Crippen LogP contribution is -2.31. The highest BCUT2D eigenvalue weighted by Crippen LogP contribution is 2.28. The van der Waals surface area contributed by atoms with Gasteiger partial charge in [0.25, 0.3) is 0 Å². The van der Waals surface area contributed by atoms with Gasteiger partial charge in [-0.1, -0.05) is 38.3 Å². The lowest BCUT2D eigenvalue weighted by Gasteiger charge is -2.30. The lowest BCUT2D eigenvalue weighted by molar-refractivity contribution is 0.349. The zero-order valence-corrected chi connectivity index (χ0v) is 12.2. The van der Waals surface area contributed by atoms with Gasteiger partial charge in [-0.2, -0.15) is 0 Å². The molecule has 4 heteroatoms. The molecule has 1 aliphatic rings. The molecule has 1 aliphatic carbocycles. The van der Waals surface area contributed by atoms with Gasteiger partial charge in [-0.15, -0.1) is 0 Å². The quantitative estimate of drug-likeness (QED) is 0.842. The van der Waals surface area contributed by atoms with Crippen molar-refractivity contribution in [1.29, 1.82) is 0 Å². The fourth-order valence-electron chi connectivity index (χ4n) is 2.54. The maximum absolute atomic E-state index is 6.16. The molecular formula is C14H22ClN3. The highest BCUT2D eigenvalue weighted by molar-refractivity contribution is 6.30. The van der Waals surface area contributed by atoms with E-state index in [1.807, 2.05) is 13.8 Å². The molecule has 1 fully saturated rings. The van der Waals surface area contributed by atoms with Crippen molar-refractivity contribution in [2.75, 3.05) is 5.32 Å². The Balaban J connectivity index is 2.19. The van der Waals surface area contributed by atoms with Crippen LogP contribution in [0.4, 0.5) is 5.82 Å². The average molecular weight is 268 g/mol. The third-order valence-corrected chi connectivity index (χ3v) is 4.25. The number of nitrogens with zero attached hydrogens (tertiary/aromatic N) is 2. The van der Waals surface area contributed by atoms with Crippen molar-refractivity contribution in [2.24, 2.45) is 5.92 Å². The first-order chi connectivity index (χ1) is 8.61. The Hall–Kier alpha value is -0.830. The maximum Gasteiger partial charge on any atom is 0.137 e. The van der Waals surface area contributed by atoms with Gasteiger partial charge < -0.3 is 5.32 Å². The Bertz CT molecular complexity index is 420. The molecule has 2 rings (SSSR count). The normalized spacial score (nSPS) is 24.0. The van der Waals surface area contributed by atoms with Gasteiger partial charge in [0.05, 0.1) is 0 Å². The molecule has 18 heavy (non-hydrogen) atoms. The minimum atomic E-state index is 0.521. The van der Waals surface area contributed by atoms with Crippen LogP contribution in [-0.2, 0) is 6.42 Å². The van der Waals surface area contributed by atoms with Crippen LogP contribution in [0.3, 0.4) is 0 Å². The number of hydrogen-bond donors (Lipinski definition) is 1. The van der Waals surface area contributed by atoms with Crippen LogP contribution in [0.5, 0.6) is 0 Å². The number of anilines is 1. The van der Waals surface area contributed by atoms with Gasteiger partial charge in [0.15, 0.2) is 0 Å². The molecule has 0 radical (unpaired) electrons. The second-order valence-electron chi connectivity index (χ2n) is 5.27. The lowest BCUT2D eigenvalue weighted by atomic mass is 9.86. The largest absolute Gasteiger partial charge is 0.367 e. The first-order valence-electron chi connectivity index (χ1n) is 6.91. The van der Waals surface area contributed by atoms with E-state index in [9.17, 15) is 0 Å². The molecule has 0 spiro atoms. The zero-order valence-electron chi connectivity index (χ0n) is 11.5. The Morgan fingerprint density at radius 3 is 2.67 bits per heavy atom. The van der Waals surface area contributed by atoms with E-state index in [1.165, 1.54) is 25.7 Å². The van der Waals surface area contributed by atoms with Crippen LogP contribution in [-0.4, -0.2) is 16.0 Å². The molecular weight excluding hydrogens is 246 g/mol. The van der Waals surface area contributed by atoms with E-state index in [1.54, 1.807) is 0 Å². The molecule has 1 aromatic rings. The van der Waals surface area contributed by atoms with Crippen LogP contribution in [0, 0.1) is 12.8 Å². The number of halogens is 1. The third kappa shape index (κ3) is 2.94. The van der Waals surface area contributed by atoms with Crippen LogP contribution >= 0.6 is 11.6 Å². The molecule has 0 saturated heterocycles. The monoisotopic (exact) mass is 267 g/mol. The number of rotatable bonds is 3. The van der Waals surface area contributed by atoms with Crippen LogP contribution in [0.2, 0.25) is 5.15 Å². The molecule has 1 heterocycles. The summed E-state index contributed by atoms with van der Waals surface area (Å²) >= 11 is 6.16. The van der Waals surface area contributed by atoms with Gasteiger partial charge in [-0.3, -0.25) is 0 Å². The summed E-state index contributed by atoms with van der Waals surface area (Å²) in [6.07, 6.45) is 6.00. The van der Waals surface area contributed by atoms with E-state index < -0.39 is 0 Å². The first kappa shape index (κ1) is 13.6. The summed E-state index contributed by atoms with van der Waals surface area (Å²) in [5.41, 5.74) is 0.964. The number of hydrogen-bond acceptors (Lipinski definition) is 3. The van der Waals surface area contributed by atoms with Gasteiger partial charge in [0.1, 0.15) is 16.8 Å². The summed E-state index contributed by atoms with van der Waals surface area (Å²) in [5.74, 6) is 2.44. The van der Waals surface area contributed by atoms with E-state index >= 15 is 0 Å². The molecule has 1 aromatic heterocycles. The van der Waals surface area contributed by atoms with Gasteiger partial charge in [0.2, 0.25) is 0 Å². The van der Waals surface area contributed by atoms with Gasteiger partial charge in [0, 0.05) is 18.0 Å². The summed E-state index contributed by atoms with van der Waals surface area (Å²) in [7, 11) is 0. The molecule has 2 unspecified atom stereocenters. The van der Waals surface area contributed by atoms with Crippen LogP contribution < -0.4 is 5.32 Å². The summed E-state index contributed by atoms with van der Waals surface area (Å²) in [4.78, 5) is 8.85. The van der Waals surface area contributed by atoms with Gasteiger partial charge in [-0.25, -0.2) is 9.97 Å². The van der Waals surface area contributed by atoms with Crippen molar-refractivity contribution in [3.63, 3.8) is 0 Å². The second kappa shape index (κ2) is 5.87. The predicted octanol–water partition coefficient (Wildman–Crippen LogP) is 3.99. The van der Waals surface area contributed by atoms with E-state index in [-0.39, 0.29) is 0 Å². The van der Waals surface area contributed by atoms with E-state index in [0.29, 0.717) is 17.1 Å². The van der Waals surface area contributed by atoms with Crippen molar-refractivity contribution >= 4 is 17.4 Å². The first-order valence-corrected chi connectivity index (χ1v) is 7.29. The third-order valence-electron chi connectivity index (χ3n) is 3.88. The SMILES string of the molecule is CCc1nc(Cl)c(C)c(NC2CCCCC2C)n1. The van der Waals surface area contributed by atoms with Crippen molar-refractivity contribution < 1.29 is 0 Å². The number of nitrogens with one attached hydrogen (secondary N) is 1. The Morgan fingerprint density at radius 1 is 1.28 bits per heavy atom. The summed E-state index contributed by atoms with van der Waals surface area (Å²) < 4.78 is 0. The number of aromatic nitrogens is 2. The highest BCUT2D eigenvalue weighted by Gasteiger charge is 2.22. The van der Waals surface area contributed by atoms with Gasteiger partial charge >= 0.3 is 0 Å². The molecule has 100 valence electrons. The molecule has 0 bridgehead atoms. The van der Waals surface area contributed by atoms with Crippen LogP contribution in [0.1, 0.15) is 50.9 Å². The molecule has 2 atom stereocenters. The standard InChI is InChI=1S/C14H22ClN3/c1-4-12-17-13(15)10(3)14(18-12)16-11-8-6-5-7-9(11)2/h9,11H,4-8H2,1-3H3,(H,16,17,18). The van der Waals surface area contributed by atoms with Crippen LogP contribution in [0.25, 0.3) is 0 Å². The predicted molar refractivity (Wildman–Crippen MR) is 76.2 cm³/mol. The van der Waals surface area contributed by atoms with Crippen molar-refractivity contribution in [3.8, 4) is 0 Å². The Morgan fingerprint density at radius 2 is 2.00 bits per heavy atom. The van der Waals surface area contributed by atoms with Gasteiger partial charge in [-0.05, 0) is 25.7 Å². The fraction of sp³-hybridized carbons (Fsp3) is 0.714. The average Bonchev–Trinajstić information content (AvgIpc) is 2.37. The molecule has 0 aromatic carbocycles. The second-order valence-corrected chi connectivity index (χ2v) is 5.63. The minimum Gasteiger partial charge on any atom is -0.367 e. The van der Waals surface area contributed by atoms with E-state index in [4.69, 9.17) is 11.6 Å². The minimum absolute atomic E-state index is 0.521. The van der Waals surface area contributed by atoms with Crippen molar-refractivity contribution in [1.82, 2.24) is 9.97 Å². The summed E-state index contributed by atoms with van der Waals surface area (Å²) in [6, 6.07) is 0.521. The molecule has 0 aliphatic heterocycles. The molecule has 1 N–H and O–H groups in total. The van der Waals surface area contributed by atoms with Crippen molar-refractivity contribution in [3.05, 3.63) is 16.5 Å². The Kier molecular flexibility index (Phi) is 4.44. The topological polar surface area (TPSA) is 37.8 Å². The Labute approximate surface area is 114 Å². The van der Waals surface area contributed by atoms with E-state index in [2.05, 4.69) is 22.2 Å². The molecule has 1 saturated carbocycles. The van der Waals surface area contributed by atoms with Crippen LogP contribution in [0.15, 0.2) is 0 Å². The van der Waals surface area contributed by atoms with E-state index in [0.717, 1.165) is 23.6 Å². The zero-order chi connectivity index (χ0) is 13.1. The maximum atomic E-state index is 6.16. The summed E-state index contributed by atoms with van der Waals surface area (Å²) in [5, 5.41) is 4.16. The smallest absolute Gasteiger partial charge is 0.137 e. The van der Waals surface area contributed by atoms with Crippen molar-refractivity contribution in [2.45, 2.75) is 58.9 Å². The number of aryl methyl sites for hydroxylation is 1. The fourth-order valence-corrected chi connectivity index (χ4v) is 2.72. The summed E-state index contributed by atoms with van der Waals surface area (Å²) in [6.45, 7) is 6.35. The molecule has 3 nitrogen and oxygen atoms in total. The molecule has 0 amide bonds. The highest BCUT2D eigenvalue weighted by atomic mass is 35.5.